The molecule has 0 fully saturated rings. The van der Waals surface area contributed by atoms with Gasteiger partial charge in [-0.2, -0.15) is 0 Å². The van der Waals surface area contributed by atoms with Gasteiger partial charge in [-0.05, 0) is 235 Å². The molecule has 8 aliphatic heterocycles. The van der Waals surface area contributed by atoms with Gasteiger partial charge in [0, 0.05) is 145 Å². The molecule has 22 aromatic rings. The van der Waals surface area contributed by atoms with Crippen molar-refractivity contribution in [3.63, 3.8) is 0 Å². The highest BCUT2D eigenvalue weighted by atomic mass is 15.1. The molecule has 18 aromatic carbocycles. The second kappa shape index (κ2) is 34.1. The number of benzene rings is 18. The fraction of sp³-hybridized carbons (Fsp3) is 0. The standard InChI is InChI=1S/C41H27BN2.3C29H19BN2/c1-3-11-28(12-4-1)30-19-21-40-36(24-30)34-15-7-9-17-38(34)42-39-18-10-8-16-35(39)37-25-31(20-22-41(37)44(40)42)33-23-32(26-43-27-33)29-13-5-2-6-14-29;1-4-12-25-21(9-1)23-10-2-5-14-28(23)32-29-15-6-3-11-24(29)22-17-16-20(19-26(22)30(25)32)27-13-7-8-18-31-27;1-4-12-26-22(9-1)24-10-2-5-13-28(24)32-29-14-6-3-11-25(29)23-16-15-20(18-27(23)30(26)32)21-8-7-17-31-19-21;1-4-10-26-22(7-1)24-8-2-5-11-28(24)32-29-12-6-3-9-25(29)23-14-13-21(19-27(23)30(26)32)20-15-17-31-18-16-20/h1-27H;3*1-19H. The van der Waals surface area contributed by atoms with Crippen LogP contribution in [0.3, 0.4) is 0 Å². The maximum Gasteiger partial charge on any atom is 0.329 e. The third kappa shape index (κ3) is 13.6. The van der Waals surface area contributed by atoms with Crippen molar-refractivity contribution >= 4 is 117 Å². The normalized spacial score (nSPS) is 12.7. The summed E-state index contributed by atoms with van der Waals surface area (Å²) in [5.74, 6) is 0. The van der Waals surface area contributed by atoms with Gasteiger partial charge in [0.05, 0.1) is 5.69 Å². The minimum absolute atomic E-state index is 0.0962. The number of aromatic nitrogens is 4. The first-order chi connectivity index (χ1) is 69.5. The first-order valence-corrected chi connectivity index (χ1v) is 48.2. The van der Waals surface area contributed by atoms with E-state index in [4.69, 9.17) is 0 Å². The summed E-state index contributed by atoms with van der Waals surface area (Å²) in [6, 6.07) is 169. The molecule has 12 heterocycles. The van der Waals surface area contributed by atoms with Gasteiger partial charge in [0.15, 0.2) is 0 Å². The lowest BCUT2D eigenvalue weighted by Gasteiger charge is -2.43. The predicted octanol–water partition coefficient (Wildman–Crippen LogP) is 25.9. The van der Waals surface area contributed by atoms with Crippen LogP contribution in [0.4, 0.5) is 45.5 Å². The highest BCUT2D eigenvalue weighted by Crippen LogP contribution is 2.53. The third-order valence-corrected chi connectivity index (χ3v) is 29.4. The van der Waals surface area contributed by atoms with E-state index in [9.17, 15) is 0 Å². The van der Waals surface area contributed by atoms with E-state index in [2.05, 4.69) is 494 Å². The zero-order valence-corrected chi connectivity index (χ0v) is 76.4. The topological polar surface area (TPSA) is 64.5 Å². The molecule has 12 heteroatoms. The predicted molar refractivity (Wildman–Crippen MR) is 587 cm³/mol. The lowest BCUT2D eigenvalue weighted by Crippen LogP contribution is -2.59. The molecular weight excluding hydrogens is 1690 g/mol. The number of hydrogen-bond donors (Lipinski definition) is 0. The van der Waals surface area contributed by atoms with E-state index < -0.39 is 0 Å². The van der Waals surface area contributed by atoms with Crippen LogP contribution in [0.25, 0.3) is 156 Å². The van der Waals surface area contributed by atoms with Crippen molar-refractivity contribution in [2.24, 2.45) is 0 Å². The number of rotatable bonds is 6. The van der Waals surface area contributed by atoms with Crippen molar-refractivity contribution in [3.05, 3.63) is 510 Å². The third-order valence-electron chi connectivity index (χ3n) is 29.4. The van der Waals surface area contributed by atoms with Gasteiger partial charge >= 0.3 is 27.4 Å². The van der Waals surface area contributed by atoms with Crippen molar-refractivity contribution in [1.29, 1.82) is 0 Å². The maximum absolute atomic E-state index is 4.64. The van der Waals surface area contributed by atoms with Gasteiger partial charge in [-0.15, -0.1) is 0 Å². The summed E-state index contributed by atoms with van der Waals surface area (Å²) in [5.41, 5.74) is 55.5. The van der Waals surface area contributed by atoms with Gasteiger partial charge in [0.1, 0.15) is 0 Å². The van der Waals surface area contributed by atoms with Gasteiger partial charge in [-0.1, -0.05) is 370 Å². The molecule has 0 spiro atoms. The smallest absolute Gasteiger partial charge is 0.329 e. The van der Waals surface area contributed by atoms with Gasteiger partial charge in [-0.25, -0.2) is 0 Å². The minimum atomic E-state index is 0.0962. The Hall–Kier alpha value is -18.0. The summed E-state index contributed by atoms with van der Waals surface area (Å²) in [6.45, 7) is 0.476. The summed E-state index contributed by atoms with van der Waals surface area (Å²) in [4.78, 5) is 27.9. The highest BCUT2D eigenvalue weighted by molar-refractivity contribution is 6.95. The van der Waals surface area contributed by atoms with Crippen LogP contribution >= 0.6 is 0 Å². The molecule has 0 saturated carbocycles. The average molecular weight is 1780 g/mol. The molecule has 0 N–H and O–H groups in total. The molecule has 648 valence electrons. The van der Waals surface area contributed by atoms with Crippen LogP contribution in [0.1, 0.15) is 0 Å². The van der Waals surface area contributed by atoms with Gasteiger partial charge in [0.25, 0.3) is 0 Å². The molecular formula is C128H84B4N8. The Kier molecular flexibility index (Phi) is 19.9. The monoisotopic (exact) mass is 1780 g/mol. The van der Waals surface area contributed by atoms with Gasteiger partial charge in [0.2, 0.25) is 0 Å². The lowest BCUT2D eigenvalue weighted by molar-refractivity contribution is 1.32. The summed E-state index contributed by atoms with van der Waals surface area (Å²) >= 11 is 0. The molecule has 8 aliphatic rings. The van der Waals surface area contributed by atoms with Crippen molar-refractivity contribution in [3.8, 4) is 156 Å². The number of nitrogens with zero attached hydrogens (tertiary/aromatic N) is 8. The van der Waals surface area contributed by atoms with Crippen molar-refractivity contribution in [2.45, 2.75) is 0 Å². The molecule has 30 rings (SSSR count). The Labute approximate surface area is 816 Å². The van der Waals surface area contributed by atoms with E-state index in [1.54, 1.807) is 0 Å². The summed E-state index contributed by atoms with van der Waals surface area (Å²) < 4.78 is 0. The average Bonchev–Trinajstić information content (AvgIpc) is 0.714. The molecule has 0 bridgehead atoms. The van der Waals surface area contributed by atoms with Crippen LogP contribution in [-0.2, 0) is 0 Å². The van der Waals surface area contributed by atoms with Gasteiger partial charge < -0.3 is 19.2 Å². The van der Waals surface area contributed by atoms with Gasteiger partial charge in [-0.3, -0.25) is 19.9 Å². The number of hydrogen-bond acceptors (Lipinski definition) is 8. The fourth-order valence-electron chi connectivity index (χ4n) is 23.3. The molecule has 0 unspecified atom stereocenters. The number of fused-ring (bicyclic) bond motifs is 44. The minimum Gasteiger partial charge on any atom is -0.376 e. The molecule has 0 aliphatic carbocycles. The Morgan fingerprint density at radius 1 is 0.136 bits per heavy atom. The number of pyridine rings is 4. The largest absolute Gasteiger partial charge is 0.376 e. The zero-order chi connectivity index (χ0) is 92.2. The summed E-state index contributed by atoms with van der Waals surface area (Å²) in [6.07, 6.45) is 13.3. The van der Waals surface area contributed by atoms with Crippen LogP contribution < -0.4 is 62.9 Å². The van der Waals surface area contributed by atoms with Crippen molar-refractivity contribution in [1.82, 2.24) is 19.9 Å². The van der Waals surface area contributed by atoms with Crippen LogP contribution in [0.2, 0.25) is 0 Å². The van der Waals surface area contributed by atoms with E-state index in [-0.39, 0.29) is 27.4 Å². The van der Waals surface area contributed by atoms with E-state index >= 15 is 0 Å². The fourth-order valence-corrected chi connectivity index (χ4v) is 23.3. The molecule has 8 nitrogen and oxygen atoms in total. The SMILES string of the molecule is c1ccc(-c2ccc3c(c2)B2c4ccccc4-c4ccccc4N2c2ccccc2-3)nc1.c1ccc(-c2cncc(-c3ccc4c(c3)-c3ccccc3B3c5ccccc5-c5cc(-c6ccccc6)ccc5N34)c2)cc1.c1ccc2c(c1)B1c3cc(-c4ccncc4)ccc3-c3ccccc3N1c1ccccc1-2.c1cncc(-c2ccc3c(c2)B2c4ccccc4-c4ccccc4N2c2ccccc2-3)c1. The molecule has 0 radical (unpaired) electrons. The molecule has 140 heavy (non-hydrogen) atoms. The Morgan fingerprint density at radius 3 is 0.793 bits per heavy atom. The second-order valence-corrected chi connectivity index (χ2v) is 36.9. The molecule has 4 aromatic heterocycles. The molecule has 0 atom stereocenters. The Morgan fingerprint density at radius 2 is 0.407 bits per heavy atom. The van der Waals surface area contributed by atoms with E-state index in [0.29, 0.717) is 0 Å². The maximum atomic E-state index is 4.64. The lowest BCUT2D eigenvalue weighted by atomic mass is 9.43. The van der Waals surface area contributed by atoms with Crippen LogP contribution in [-0.4, -0.2) is 47.3 Å². The van der Waals surface area contributed by atoms with Crippen molar-refractivity contribution < 1.29 is 0 Å². The van der Waals surface area contributed by atoms with Crippen LogP contribution in [0.15, 0.2) is 510 Å². The summed E-state index contributed by atoms with van der Waals surface area (Å²) in [7, 11) is 0. The Bertz CT molecular complexity index is 8120. The first-order valence-electron chi connectivity index (χ1n) is 48.2. The molecule has 0 saturated heterocycles. The first kappa shape index (κ1) is 81.6. The second-order valence-electron chi connectivity index (χ2n) is 36.9. The van der Waals surface area contributed by atoms with Crippen molar-refractivity contribution in [2.75, 3.05) is 19.2 Å². The van der Waals surface area contributed by atoms with E-state index in [1.165, 1.54) is 217 Å². The molecule has 0 amide bonds. The van der Waals surface area contributed by atoms with Crippen LogP contribution in [0, 0.1) is 0 Å². The van der Waals surface area contributed by atoms with E-state index in [1.807, 2.05) is 55.5 Å². The highest BCUT2D eigenvalue weighted by Gasteiger charge is 2.48. The Balaban J connectivity index is 0.0000000947. The summed E-state index contributed by atoms with van der Waals surface area (Å²) in [5, 5.41) is 0. The number of para-hydroxylation sites is 6. The van der Waals surface area contributed by atoms with Crippen LogP contribution in [0.5, 0.6) is 0 Å². The quantitative estimate of drug-likeness (QED) is 0.153. The number of anilines is 8. The van der Waals surface area contributed by atoms with E-state index in [0.717, 1.165) is 27.9 Å². The zero-order valence-electron chi connectivity index (χ0n) is 76.4.